The van der Waals surface area contributed by atoms with Crippen LogP contribution in [0.25, 0.3) is 11.1 Å². The molecule has 220 valence electrons. The highest BCUT2D eigenvalue weighted by atomic mass is 19.1. The summed E-state index contributed by atoms with van der Waals surface area (Å²) in [4.78, 5) is 46.7. The van der Waals surface area contributed by atoms with Crippen LogP contribution in [0.1, 0.15) is 17.3 Å². The fourth-order valence-corrected chi connectivity index (χ4v) is 5.14. The molecular weight excluding hydrogens is 545 g/mol. The van der Waals surface area contributed by atoms with Gasteiger partial charge in [-0.1, -0.05) is 6.07 Å². The molecule has 0 spiro atoms. The van der Waals surface area contributed by atoms with Gasteiger partial charge in [0.1, 0.15) is 34.8 Å². The number of ether oxygens (including phenoxy) is 3. The van der Waals surface area contributed by atoms with Crippen molar-refractivity contribution in [3.05, 3.63) is 66.1 Å². The summed E-state index contributed by atoms with van der Waals surface area (Å²) in [5, 5.41) is 0. The third kappa shape index (κ3) is 5.52. The Morgan fingerprint density at radius 2 is 1.74 bits per heavy atom. The number of carbonyl (C=O) groups excluding carboxylic acids is 3. The average molecular weight is 578 g/mol. The number of primary amides is 1. The van der Waals surface area contributed by atoms with Crippen molar-refractivity contribution in [2.75, 3.05) is 56.7 Å². The van der Waals surface area contributed by atoms with Gasteiger partial charge in [-0.2, -0.15) is 0 Å². The number of benzene rings is 2. The number of methoxy groups -OCH3 is 2. The van der Waals surface area contributed by atoms with E-state index < -0.39 is 29.8 Å². The van der Waals surface area contributed by atoms with E-state index in [2.05, 4.69) is 9.88 Å². The molecule has 2 atom stereocenters. The zero-order chi connectivity index (χ0) is 30.0. The lowest BCUT2D eigenvalue weighted by atomic mass is 10.0. The molecule has 0 saturated carbocycles. The molecule has 2 fully saturated rings. The number of cyclic esters (lactones) is 1. The minimum absolute atomic E-state index is 0.100. The summed E-state index contributed by atoms with van der Waals surface area (Å²) in [7, 11) is 3.04. The lowest BCUT2D eigenvalue weighted by Gasteiger charge is -2.35. The number of amides is 3. The van der Waals surface area contributed by atoms with Crippen molar-refractivity contribution in [3.8, 4) is 22.6 Å². The van der Waals surface area contributed by atoms with Crippen LogP contribution in [0.15, 0.2) is 54.7 Å². The number of rotatable bonds is 8. The molecule has 3 heterocycles. The van der Waals surface area contributed by atoms with Gasteiger partial charge in [-0.25, -0.2) is 14.2 Å². The van der Waals surface area contributed by atoms with Crippen LogP contribution in [0.4, 0.5) is 20.7 Å². The van der Waals surface area contributed by atoms with Crippen molar-refractivity contribution in [1.29, 1.82) is 0 Å². The summed E-state index contributed by atoms with van der Waals surface area (Å²) < 4.78 is 31.2. The van der Waals surface area contributed by atoms with Crippen LogP contribution in [-0.2, 0) is 9.53 Å². The Hall–Kier alpha value is -4.87. The van der Waals surface area contributed by atoms with Gasteiger partial charge in [0.2, 0.25) is 5.91 Å². The molecule has 0 aliphatic carbocycles. The predicted molar refractivity (Wildman–Crippen MR) is 153 cm³/mol. The van der Waals surface area contributed by atoms with Crippen LogP contribution in [0, 0.1) is 11.7 Å². The molecule has 12 heteroatoms. The van der Waals surface area contributed by atoms with E-state index in [9.17, 15) is 14.4 Å². The van der Waals surface area contributed by atoms with Crippen LogP contribution in [0.3, 0.4) is 0 Å². The van der Waals surface area contributed by atoms with Gasteiger partial charge in [0.25, 0.3) is 5.91 Å². The van der Waals surface area contributed by atoms with Gasteiger partial charge in [0.05, 0.1) is 32.4 Å². The second-order valence-corrected chi connectivity index (χ2v) is 10.1. The number of piperazine rings is 1. The van der Waals surface area contributed by atoms with E-state index in [1.165, 1.54) is 25.2 Å². The van der Waals surface area contributed by atoms with Crippen molar-refractivity contribution in [2.45, 2.75) is 13.0 Å². The maximum atomic E-state index is 15.2. The monoisotopic (exact) mass is 577 g/mol. The van der Waals surface area contributed by atoms with Gasteiger partial charge in [-0.15, -0.1) is 0 Å². The van der Waals surface area contributed by atoms with Crippen molar-refractivity contribution in [2.24, 2.45) is 11.7 Å². The molecular formula is C30H32FN5O6. The molecule has 2 aliphatic rings. The zero-order valence-electron chi connectivity index (χ0n) is 23.6. The first-order valence-electron chi connectivity index (χ1n) is 13.5. The quantitative estimate of drug-likeness (QED) is 0.432. The summed E-state index contributed by atoms with van der Waals surface area (Å²) in [5.41, 5.74) is 6.95. The van der Waals surface area contributed by atoms with Crippen LogP contribution in [-0.4, -0.2) is 80.8 Å². The van der Waals surface area contributed by atoms with Crippen LogP contribution >= 0.6 is 0 Å². The molecule has 0 radical (unpaired) electrons. The van der Waals surface area contributed by atoms with Crippen molar-refractivity contribution < 1.29 is 33.0 Å². The van der Waals surface area contributed by atoms with Crippen molar-refractivity contribution >= 4 is 29.4 Å². The fourth-order valence-electron chi connectivity index (χ4n) is 5.14. The maximum absolute atomic E-state index is 15.2. The van der Waals surface area contributed by atoms with E-state index in [1.54, 1.807) is 54.4 Å². The van der Waals surface area contributed by atoms with E-state index in [4.69, 9.17) is 19.9 Å². The normalized spacial score (nSPS) is 17.6. The number of nitrogens with zero attached hydrogens (tertiary/aromatic N) is 4. The third-order valence-electron chi connectivity index (χ3n) is 7.70. The SMILES string of the molecule is COc1cccc(OC)c1C(=O)N1CCN(c2ccc(-c3ccc(N4CC([C@H](C)C(N)=O)OC4=O)cc3F)cn2)CC1. The first-order valence-corrected chi connectivity index (χ1v) is 13.5. The molecule has 3 amide bonds. The van der Waals surface area contributed by atoms with Gasteiger partial charge in [-0.3, -0.25) is 14.5 Å². The van der Waals surface area contributed by atoms with Gasteiger partial charge >= 0.3 is 6.09 Å². The van der Waals surface area contributed by atoms with E-state index in [0.29, 0.717) is 65.9 Å². The summed E-state index contributed by atoms with van der Waals surface area (Å²) in [6, 6.07) is 13.3. The number of anilines is 2. The Morgan fingerprint density at radius 3 is 2.31 bits per heavy atom. The van der Waals surface area contributed by atoms with E-state index in [0.717, 1.165) is 0 Å². The Kier molecular flexibility index (Phi) is 8.14. The maximum Gasteiger partial charge on any atom is 0.414 e. The molecule has 1 unspecified atom stereocenters. The van der Waals surface area contributed by atoms with Crippen molar-refractivity contribution in [3.63, 3.8) is 0 Å². The van der Waals surface area contributed by atoms with Gasteiger partial charge < -0.3 is 29.7 Å². The summed E-state index contributed by atoms with van der Waals surface area (Å²) >= 11 is 0. The molecule has 2 aliphatic heterocycles. The molecule has 42 heavy (non-hydrogen) atoms. The predicted octanol–water partition coefficient (Wildman–Crippen LogP) is 3.31. The molecule has 0 bridgehead atoms. The minimum atomic E-state index is -0.696. The molecule has 1 aromatic heterocycles. The Bertz CT molecular complexity index is 1470. The third-order valence-corrected chi connectivity index (χ3v) is 7.70. The number of hydrogen-bond donors (Lipinski definition) is 1. The number of nitrogens with two attached hydrogens (primary N) is 1. The highest BCUT2D eigenvalue weighted by Crippen LogP contribution is 2.32. The first-order chi connectivity index (χ1) is 20.2. The molecule has 5 rings (SSSR count). The van der Waals surface area contributed by atoms with Crippen LogP contribution in [0.2, 0.25) is 0 Å². The summed E-state index contributed by atoms with van der Waals surface area (Å²) in [6.07, 6.45) is 0.243. The van der Waals surface area contributed by atoms with E-state index in [-0.39, 0.29) is 12.5 Å². The largest absolute Gasteiger partial charge is 0.496 e. The molecule has 3 aromatic rings. The van der Waals surface area contributed by atoms with E-state index in [1.807, 2.05) is 6.07 Å². The van der Waals surface area contributed by atoms with Gasteiger partial charge in [0.15, 0.2) is 0 Å². The summed E-state index contributed by atoms with van der Waals surface area (Å²) in [6.45, 7) is 3.79. The smallest absolute Gasteiger partial charge is 0.414 e. The molecule has 11 nitrogen and oxygen atoms in total. The van der Waals surface area contributed by atoms with Crippen molar-refractivity contribution in [1.82, 2.24) is 9.88 Å². The van der Waals surface area contributed by atoms with E-state index >= 15 is 4.39 Å². The lowest BCUT2D eigenvalue weighted by molar-refractivity contribution is -0.123. The summed E-state index contributed by atoms with van der Waals surface area (Å²) in [5.74, 6) is -0.287. The number of aromatic nitrogens is 1. The topological polar surface area (TPSA) is 128 Å². The van der Waals surface area contributed by atoms with Crippen LogP contribution in [0.5, 0.6) is 11.5 Å². The van der Waals surface area contributed by atoms with Crippen LogP contribution < -0.4 is 25.0 Å². The number of halogens is 1. The second-order valence-electron chi connectivity index (χ2n) is 10.1. The zero-order valence-corrected chi connectivity index (χ0v) is 23.6. The highest BCUT2D eigenvalue weighted by Gasteiger charge is 2.38. The number of hydrogen-bond acceptors (Lipinski definition) is 8. The van der Waals surface area contributed by atoms with Gasteiger partial charge in [-0.05, 0) is 49.4 Å². The molecule has 2 aromatic carbocycles. The minimum Gasteiger partial charge on any atom is -0.496 e. The Labute approximate surface area is 242 Å². The second kappa shape index (κ2) is 11.9. The number of carbonyl (C=O) groups is 3. The molecule has 2 saturated heterocycles. The average Bonchev–Trinajstić information content (AvgIpc) is 3.41. The van der Waals surface area contributed by atoms with Gasteiger partial charge in [0, 0.05) is 43.5 Å². The Morgan fingerprint density at radius 1 is 1.05 bits per heavy atom. The lowest BCUT2D eigenvalue weighted by Crippen LogP contribution is -2.49. The Balaban J connectivity index is 1.23. The number of pyridine rings is 1. The molecule has 2 N–H and O–H groups in total. The fraction of sp³-hybridized carbons (Fsp3) is 0.333. The standard InChI is InChI=1S/C30H32FN5O6/c1-18(28(32)37)25-17-36(30(39)42-25)20-8-9-21(22(31)15-20)19-7-10-26(33-16-19)34-11-13-35(14-12-34)29(38)27-23(40-2)5-4-6-24(27)41-3/h4-10,15-16,18,25H,11-14,17H2,1-3H3,(H2,32,37)/t18-,25?/m0/s1. The highest BCUT2D eigenvalue weighted by molar-refractivity contribution is 6.00. The first kappa shape index (κ1) is 28.7.